The zero-order chi connectivity index (χ0) is 19.5. The van der Waals surface area contributed by atoms with Crippen molar-refractivity contribution in [3.05, 3.63) is 29.8 Å². The van der Waals surface area contributed by atoms with E-state index in [9.17, 15) is 14.4 Å². The van der Waals surface area contributed by atoms with Crippen LogP contribution in [0.25, 0.3) is 0 Å². The highest BCUT2D eigenvalue weighted by Crippen LogP contribution is 2.53. The third-order valence-electron chi connectivity index (χ3n) is 5.23. The van der Waals surface area contributed by atoms with E-state index in [0.717, 1.165) is 6.42 Å². The van der Waals surface area contributed by atoms with Crippen molar-refractivity contribution in [3.8, 4) is 0 Å². The van der Waals surface area contributed by atoms with E-state index in [2.05, 4.69) is 10.6 Å². The molecule has 1 fully saturated rings. The highest BCUT2D eigenvalue weighted by atomic mass is 32.1. The van der Waals surface area contributed by atoms with Gasteiger partial charge in [0.25, 0.3) is 0 Å². The van der Waals surface area contributed by atoms with Crippen molar-refractivity contribution in [2.45, 2.75) is 33.6 Å². The highest BCUT2D eigenvalue weighted by Gasteiger charge is 2.50. The molecule has 1 aliphatic carbocycles. The molecule has 26 heavy (non-hydrogen) atoms. The van der Waals surface area contributed by atoms with Gasteiger partial charge in [0.2, 0.25) is 5.91 Å². The Balaban J connectivity index is 1.92. The molecule has 2 N–H and O–H groups in total. The van der Waals surface area contributed by atoms with Gasteiger partial charge in [-0.2, -0.15) is 0 Å². The quantitative estimate of drug-likeness (QED) is 0.607. The minimum Gasteiger partial charge on any atom is -0.465 e. The van der Waals surface area contributed by atoms with Crippen LogP contribution < -0.4 is 10.6 Å². The molecule has 0 bridgehead atoms. The van der Waals surface area contributed by atoms with Crippen LogP contribution >= 0.6 is 12.2 Å². The molecular weight excluding hydrogens is 352 g/mol. The lowest BCUT2D eigenvalue weighted by molar-refractivity contribution is -0.140. The summed E-state index contributed by atoms with van der Waals surface area (Å²) in [6, 6.07) is 6.75. The molecule has 1 amide bonds. The normalized spacial score (nSPS) is 20.5. The summed E-state index contributed by atoms with van der Waals surface area (Å²) in [7, 11) is 1.30. The summed E-state index contributed by atoms with van der Waals surface area (Å²) in [5.41, 5.74) is 0.608. The average molecular weight is 376 g/mol. The molecule has 0 aromatic heterocycles. The average Bonchev–Trinajstić information content (AvgIpc) is 2.57. The molecule has 7 heteroatoms. The van der Waals surface area contributed by atoms with Crippen molar-refractivity contribution in [1.29, 1.82) is 0 Å². The summed E-state index contributed by atoms with van der Waals surface area (Å²) in [4.78, 5) is 35.6. The van der Waals surface area contributed by atoms with E-state index in [4.69, 9.17) is 17.0 Å². The maximum Gasteiger partial charge on any atom is 0.339 e. The summed E-state index contributed by atoms with van der Waals surface area (Å²) in [6.07, 6.45) is 1.03. The molecule has 0 radical (unpaired) electrons. The molecule has 2 rings (SSSR count). The van der Waals surface area contributed by atoms with Crippen LogP contribution in [0.5, 0.6) is 0 Å². The predicted molar refractivity (Wildman–Crippen MR) is 103 cm³/mol. The van der Waals surface area contributed by atoms with Gasteiger partial charge in [-0.05, 0) is 49.0 Å². The Morgan fingerprint density at radius 2 is 1.92 bits per heavy atom. The standard InChI is InChI=1S/C19H24N2O4S/c1-11(22)14-9-12(19(14,2)3)10-16(23)21-18(26)20-15-8-6-5-7-13(15)17(24)25-4/h5-8,12,14H,9-10H2,1-4H3,(H2,20,21,23,26)/t12-,14-/m0/s1. The number of ketones is 1. The Labute approximate surface area is 158 Å². The molecule has 0 saturated heterocycles. The van der Waals surface area contributed by atoms with Gasteiger partial charge in [0.1, 0.15) is 5.78 Å². The second kappa shape index (κ2) is 7.95. The monoisotopic (exact) mass is 376 g/mol. The molecule has 0 unspecified atom stereocenters. The predicted octanol–water partition coefficient (Wildman–Crippen LogP) is 2.93. The topological polar surface area (TPSA) is 84.5 Å². The highest BCUT2D eigenvalue weighted by molar-refractivity contribution is 7.80. The lowest BCUT2D eigenvalue weighted by atomic mass is 9.52. The van der Waals surface area contributed by atoms with E-state index >= 15 is 0 Å². The van der Waals surface area contributed by atoms with E-state index in [1.165, 1.54) is 7.11 Å². The maximum absolute atomic E-state index is 12.3. The van der Waals surface area contributed by atoms with E-state index < -0.39 is 5.97 Å². The number of methoxy groups -OCH3 is 1. The van der Waals surface area contributed by atoms with Crippen molar-refractivity contribution in [3.63, 3.8) is 0 Å². The number of ether oxygens (including phenoxy) is 1. The summed E-state index contributed by atoms with van der Waals surface area (Å²) < 4.78 is 4.73. The van der Waals surface area contributed by atoms with Gasteiger partial charge in [0.15, 0.2) is 5.11 Å². The molecule has 6 nitrogen and oxygen atoms in total. The maximum atomic E-state index is 12.3. The van der Waals surface area contributed by atoms with Crippen LogP contribution in [0.1, 0.15) is 44.0 Å². The van der Waals surface area contributed by atoms with Crippen LogP contribution in [0.3, 0.4) is 0 Å². The number of thiocarbonyl (C=S) groups is 1. The number of anilines is 1. The van der Waals surface area contributed by atoms with Crippen molar-refractivity contribution in [2.24, 2.45) is 17.3 Å². The van der Waals surface area contributed by atoms with Crippen LogP contribution in [0.15, 0.2) is 24.3 Å². The summed E-state index contributed by atoms with van der Waals surface area (Å²) in [6.45, 7) is 5.63. The smallest absolute Gasteiger partial charge is 0.339 e. The van der Waals surface area contributed by atoms with Gasteiger partial charge in [0.05, 0.1) is 18.4 Å². The van der Waals surface area contributed by atoms with Crippen molar-refractivity contribution >= 4 is 40.7 Å². The molecule has 1 aromatic carbocycles. The van der Waals surface area contributed by atoms with Crippen LogP contribution in [-0.4, -0.2) is 29.9 Å². The molecule has 1 saturated carbocycles. The first-order chi connectivity index (χ1) is 12.2. The van der Waals surface area contributed by atoms with Gasteiger partial charge in [0, 0.05) is 12.3 Å². The molecule has 140 valence electrons. The van der Waals surface area contributed by atoms with Crippen molar-refractivity contribution in [2.75, 3.05) is 12.4 Å². The summed E-state index contributed by atoms with van der Waals surface area (Å²) >= 11 is 5.17. The zero-order valence-electron chi connectivity index (χ0n) is 15.4. The Kier molecular flexibility index (Phi) is 6.13. The van der Waals surface area contributed by atoms with Gasteiger partial charge in [-0.1, -0.05) is 26.0 Å². The van der Waals surface area contributed by atoms with Gasteiger partial charge in [-0.15, -0.1) is 0 Å². The van der Waals surface area contributed by atoms with E-state index in [0.29, 0.717) is 17.7 Å². The lowest BCUT2D eigenvalue weighted by Gasteiger charge is -2.51. The molecule has 0 spiro atoms. The number of hydrogen-bond acceptors (Lipinski definition) is 5. The van der Waals surface area contributed by atoms with Crippen LogP contribution in [0.4, 0.5) is 5.69 Å². The Morgan fingerprint density at radius 3 is 2.50 bits per heavy atom. The number of benzene rings is 1. The Hall–Kier alpha value is -2.28. The number of para-hydroxylation sites is 1. The van der Waals surface area contributed by atoms with Crippen molar-refractivity contribution in [1.82, 2.24) is 5.32 Å². The number of hydrogen-bond donors (Lipinski definition) is 2. The first-order valence-corrected chi connectivity index (χ1v) is 8.86. The van der Waals surface area contributed by atoms with Gasteiger partial charge >= 0.3 is 5.97 Å². The minimum atomic E-state index is -0.492. The molecule has 0 aliphatic heterocycles. The molecule has 1 aliphatic rings. The molecule has 0 heterocycles. The van der Waals surface area contributed by atoms with Crippen LogP contribution in [0, 0.1) is 17.3 Å². The number of nitrogens with one attached hydrogen (secondary N) is 2. The van der Waals surface area contributed by atoms with Crippen molar-refractivity contribution < 1.29 is 19.1 Å². The molecule has 1 aromatic rings. The fourth-order valence-electron chi connectivity index (χ4n) is 3.49. The number of rotatable bonds is 5. The number of carbonyl (C=O) groups is 3. The first-order valence-electron chi connectivity index (χ1n) is 8.45. The van der Waals surface area contributed by atoms with E-state index in [1.54, 1.807) is 31.2 Å². The Bertz CT molecular complexity index is 745. The zero-order valence-corrected chi connectivity index (χ0v) is 16.2. The van der Waals surface area contributed by atoms with Crippen LogP contribution in [0.2, 0.25) is 0 Å². The lowest BCUT2D eigenvalue weighted by Crippen LogP contribution is -2.50. The first kappa shape index (κ1) is 20.0. The van der Waals surface area contributed by atoms with Gasteiger partial charge < -0.3 is 15.4 Å². The molecular formula is C19H24N2O4S. The fourth-order valence-corrected chi connectivity index (χ4v) is 3.71. The molecule has 2 atom stereocenters. The number of amides is 1. The van der Waals surface area contributed by atoms with Gasteiger partial charge in [-0.25, -0.2) is 4.79 Å². The fraction of sp³-hybridized carbons (Fsp3) is 0.474. The second-order valence-electron chi connectivity index (χ2n) is 7.16. The van der Waals surface area contributed by atoms with E-state index in [-0.39, 0.29) is 34.1 Å². The van der Waals surface area contributed by atoms with E-state index in [1.807, 2.05) is 13.8 Å². The third kappa shape index (κ3) is 4.27. The summed E-state index contributed by atoms with van der Waals surface area (Å²) in [5.74, 6) is -0.381. The second-order valence-corrected chi connectivity index (χ2v) is 7.57. The third-order valence-corrected chi connectivity index (χ3v) is 5.43. The number of carbonyl (C=O) groups excluding carboxylic acids is 3. The van der Waals surface area contributed by atoms with Crippen LogP contribution in [-0.2, 0) is 14.3 Å². The number of Topliss-reactive ketones (excluding diaryl/α,β-unsaturated/α-hetero) is 1. The minimum absolute atomic E-state index is 0.0114. The largest absolute Gasteiger partial charge is 0.465 e. The van der Waals surface area contributed by atoms with Gasteiger partial charge in [-0.3, -0.25) is 9.59 Å². The Morgan fingerprint density at radius 1 is 1.27 bits per heavy atom. The number of esters is 1. The summed E-state index contributed by atoms with van der Waals surface area (Å²) in [5, 5.41) is 5.61. The SMILES string of the molecule is COC(=O)c1ccccc1NC(=S)NC(=O)C[C@@H]1C[C@@H](C(C)=O)C1(C)C.